The number of pyridine rings is 1. The molecule has 2 heterocycles. The fourth-order valence-corrected chi connectivity index (χ4v) is 2.57. The van der Waals surface area contributed by atoms with Gasteiger partial charge in [-0.2, -0.15) is 13.2 Å². The molecule has 22 heavy (non-hydrogen) atoms. The molecule has 122 valence electrons. The molecule has 0 aromatic carbocycles. The highest BCUT2D eigenvalue weighted by atomic mass is 19.4. The van der Waals surface area contributed by atoms with E-state index in [0.717, 1.165) is 18.3 Å². The molecule has 1 aliphatic rings. The Morgan fingerprint density at radius 2 is 2.23 bits per heavy atom. The summed E-state index contributed by atoms with van der Waals surface area (Å²) in [6.45, 7) is 0.736. The second-order valence-corrected chi connectivity index (χ2v) is 5.20. The van der Waals surface area contributed by atoms with Crippen molar-refractivity contribution in [2.75, 3.05) is 20.2 Å². The van der Waals surface area contributed by atoms with Crippen LogP contribution >= 0.6 is 0 Å². The van der Waals surface area contributed by atoms with Crippen LogP contribution in [0.15, 0.2) is 18.3 Å². The Morgan fingerprint density at radius 3 is 2.73 bits per heavy atom. The summed E-state index contributed by atoms with van der Waals surface area (Å²) in [7, 11) is 1.61. The van der Waals surface area contributed by atoms with Gasteiger partial charge in [-0.25, -0.2) is 0 Å². The molecule has 0 aliphatic carbocycles. The molecule has 5 nitrogen and oxygen atoms in total. The third kappa shape index (κ3) is 3.56. The van der Waals surface area contributed by atoms with E-state index in [4.69, 9.17) is 10.5 Å². The SMILES string of the molecule is COC1CCN(C(=O)c2ccc(C(F)(F)F)nc2)C(CN)C1. The van der Waals surface area contributed by atoms with Crippen molar-refractivity contribution in [2.24, 2.45) is 5.73 Å². The van der Waals surface area contributed by atoms with Crippen LogP contribution < -0.4 is 5.73 Å². The number of nitrogens with two attached hydrogens (primary N) is 1. The van der Waals surface area contributed by atoms with Gasteiger partial charge in [0.15, 0.2) is 0 Å². The summed E-state index contributed by atoms with van der Waals surface area (Å²) in [5.41, 5.74) is 4.80. The van der Waals surface area contributed by atoms with Crippen LogP contribution in [0.25, 0.3) is 0 Å². The van der Waals surface area contributed by atoms with Crippen LogP contribution in [-0.4, -0.2) is 48.1 Å². The molecule has 1 amide bonds. The first-order valence-corrected chi connectivity index (χ1v) is 6.94. The number of hydrogen-bond donors (Lipinski definition) is 1. The maximum Gasteiger partial charge on any atom is 0.433 e. The zero-order chi connectivity index (χ0) is 16.3. The molecule has 8 heteroatoms. The number of ether oxygens (including phenoxy) is 1. The minimum absolute atomic E-state index is 0.0448. The van der Waals surface area contributed by atoms with Crippen LogP contribution in [0.2, 0.25) is 0 Å². The summed E-state index contributed by atoms with van der Waals surface area (Å²) < 4.78 is 42.7. The second-order valence-electron chi connectivity index (χ2n) is 5.20. The van der Waals surface area contributed by atoms with E-state index in [-0.39, 0.29) is 30.2 Å². The molecule has 0 radical (unpaired) electrons. The van der Waals surface area contributed by atoms with E-state index in [1.807, 2.05) is 0 Å². The van der Waals surface area contributed by atoms with Crippen molar-refractivity contribution in [3.63, 3.8) is 0 Å². The molecule has 0 bridgehead atoms. The van der Waals surface area contributed by atoms with Crippen molar-refractivity contribution in [1.29, 1.82) is 0 Å². The lowest BCUT2D eigenvalue weighted by molar-refractivity contribution is -0.141. The molecule has 1 aliphatic heterocycles. The first kappa shape index (κ1) is 16.7. The highest BCUT2D eigenvalue weighted by molar-refractivity contribution is 5.94. The van der Waals surface area contributed by atoms with Gasteiger partial charge in [-0.1, -0.05) is 0 Å². The highest BCUT2D eigenvalue weighted by Gasteiger charge is 2.34. The number of halogens is 3. The van der Waals surface area contributed by atoms with E-state index >= 15 is 0 Å². The van der Waals surface area contributed by atoms with E-state index in [2.05, 4.69) is 4.98 Å². The average Bonchev–Trinajstić information content (AvgIpc) is 2.52. The maximum absolute atomic E-state index is 12.5. The molecule has 1 aromatic heterocycles. The average molecular weight is 317 g/mol. The van der Waals surface area contributed by atoms with Gasteiger partial charge in [0.05, 0.1) is 11.7 Å². The van der Waals surface area contributed by atoms with Crippen molar-refractivity contribution < 1.29 is 22.7 Å². The predicted molar refractivity (Wildman–Crippen MR) is 73.1 cm³/mol. The van der Waals surface area contributed by atoms with E-state index < -0.39 is 11.9 Å². The minimum Gasteiger partial charge on any atom is -0.381 e. The van der Waals surface area contributed by atoms with Crippen molar-refractivity contribution in [1.82, 2.24) is 9.88 Å². The number of amides is 1. The Hall–Kier alpha value is -1.67. The smallest absolute Gasteiger partial charge is 0.381 e. The predicted octanol–water partition coefficient (Wildman–Crippen LogP) is 1.68. The van der Waals surface area contributed by atoms with Crippen molar-refractivity contribution in [3.05, 3.63) is 29.6 Å². The second kappa shape index (κ2) is 6.62. The van der Waals surface area contributed by atoms with Crippen LogP contribution in [0, 0.1) is 0 Å². The number of alkyl halides is 3. The number of likely N-dealkylation sites (tertiary alicyclic amines) is 1. The van der Waals surface area contributed by atoms with Gasteiger partial charge in [-0.15, -0.1) is 0 Å². The third-order valence-corrected chi connectivity index (χ3v) is 3.83. The third-order valence-electron chi connectivity index (χ3n) is 3.83. The summed E-state index contributed by atoms with van der Waals surface area (Å²) >= 11 is 0. The number of rotatable bonds is 3. The zero-order valence-electron chi connectivity index (χ0n) is 12.1. The van der Waals surface area contributed by atoms with Gasteiger partial charge in [0, 0.05) is 32.4 Å². The van der Waals surface area contributed by atoms with Gasteiger partial charge >= 0.3 is 6.18 Å². The van der Waals surface area contributed by atoms with E-state index in [1.54, 1.807) is 12.0 Å². The Morgan fingerprint density at radius 1 is 1.50 bits per heavy atom. The number of carbonyl (C=O) groups is 1. The molecule has 1 fully saturated rings. The summed E-state index contributed by atoms with van der Waals surface area (Å²) in [5.74, 6) is -0.355. The molecule has 0 spiro atoms. The normalized spacial score (nSPS) is 22.7. The minimum atomic E-state index is -4.52. The number of methoxy groups -OCH3 is 1. The van der Waals surface area contributed by atoms with Crippen molar-refractivity contribution in [2.45, 2.75) is 31.2 Å². The van der Waals surface area contributed by atoms with Crippen LogP contribution in [-0.2, 0) is 10.9 Å². The number of piperidine rings is 1. The lowest BCUT2D eigenvalue weighted by Gasteiger charge is -2.38. The topological polar surface area (TPSA) is 68.5 Å². The Bertz CT molecular complexity index is 519. The Balaban J connectivity index is 2.13. The van der Waals surface area contributed by atoms with Crippen LogP contribution in [0.5, 0.6) is 0 Å². The van der Waals surface area contributed by atoms with Gasteiger partial charge in [-0.05, 0) is 25.0 Å². The fourth-order valence-electron chi connectivity index (χ4n) is 2.57. The fraction of sp³-hybridized carbons (Fsp3) is 0.571. The molecule has 2 rings (SSSR count). The Labute approximate surface area is 126 Å². The first-order chi connectivity index (χ1) is 10.4. The summed E-state index contributed by atoms with van der Waals surface area (Å²) in [5, 5.41) is 0. The lowest BCUT2D eigenvalue weighted by Crippen LogP contribution is -2.51. The van der Waals surface area contributed by atoms with Gasteiger partial charge in [0.2, 0.25) is 0 Å². The number of hydrogen-bond acceptors (Lipinski definition) is 4. The number of nitrogens with zero attached hydrogens (tertiary/aromatic N) is 2. The van der Waals surface area contributed by atoms with Gasteiger partial charge < -0.3 is 15.4 Å². The molecule has 2 N–H and O–H groups in total. The van der Waals surface area contributed by atoms with Crippen LogP contribution in [0.4, 0.5) is 13.2 Å². The van der Waals surface area contributed by atoms with Crippen molar-refractivity contribution >= 4 is 5.91 Å². The van der Waals surface area contributed by atoms with Crippen molar-refractivity contribution in [3.8, 4) is 0 Å². The monoisotopic (exact) mass is 317 g/mol. The first-order valence-electron chi connectivity index (χ1n) is 6.94. The molecular formula is C14H18F3N3O2. The number of aromatic nitrogens is 1. The maximum atomic E-state index is 12.5. The molecule has 0 saturated carbocycles. The summed E-state index contributed by atoms with van der Waals surface area (Å²) in [6.07, 6.45) is -2.22. The molecule has 1 saturated heterocycles. The van der Waals surface area contributed by atoms with Gasteiger partial charge in [0.25, 0.3) is 5.91 Å². The zero-order valence-corrected chi connectivity index (χ0v) is 12.1. The highest BCUT2D eigenvalue weighted by Crippen LogP contribution is 2.28. The molecule has 1 aromatic rings. The van der Waals surface area contributed by atoms with Crippen LogP contribution in [0.1, 0.15) is 28.9 Å². The van der Waals surface area contributed by atoms with E-state index in [0.29, 0.717) is 19.4 Å². The summed E-state index contributed by atoms with van der Waals surface area (Å²) in [4.78, 5) is 17.3. The quantitative estimate of drug-likeness (QED) is 0.921. The van der Waals surface area contributed by atoms with E-state index in [1.165, 1.54) is 0 Å². The standard InChI is InChI=1S/C14H18F3N3O2/c1-22-11-4-5-20(10(6-11)7-18)13(21)9-2-3-12(19-8-9)14(15,16)17/h2-3,8,10-11H,4-7,18H2,1H3. The van der Waals surface area contributed by atoms with Gasteiger partial charge in [0.1, 0.15) is 5.69 Å². The van der Waals surface area contributed by atoms with Crippen LogP contribution in [0.3, 0.4) is 0 Å². The van der Waals surface area contributed by atoms with Gasteiger partial charge in [-0.3, -0.25) is 9.78 Å². The lowest BCUT2D eigenvalue weighted by atomic mass is 9.98. The molecule has 2 unspecified atom stereocenters. The number of carbonyl (C=O) groups excluding carboxylic acids is 1. The Kier molecular flexibility index (Phi) is 5.02. The van der Waals surface area contributed by atoms with E-state index in [9.17, 15) is 18.0 Å². The molecule has 2 atom stereocenters. The summed E-state index contributed by atoms with van der Waals surface area (Å²) in [6, 6.07) is 1.77. The largest absolute Gasteiger partial charge is 0.433 e. The molecular weight excluding hydrogens is 299 g/mol.